The molecule has 78 valence electrons. The normalized spacial score (nSPS) is 10.9. The van der Waals surface area contributed by atoms with E-state index < -0.39 is 0 Å². The summed E-state index contributed by atoms with van der Waals surface area (Å²) in [6, 6.07) is 10.3. The monoisotopic (exact) mass is 235 g/mol. The average molecular weight is 235 g/mol. The van der Waals surface area contributed by atoms with Gasteiger partial charge in [0, 0.05) is 16.2 Å². The van der Waals surface area contributed by atoms with Gasteiger partial charge in [0.2, 0.25) is 0 Å². The van der Waals surface area contributed by atoms with Crippen molar-refractivity contribution in [1.29, 1.82) is 0 Å². The number of hydrogen-bond acceptors (Lipinski definition) is 3. The van der Waals surface area contributed by atoms with E-state index in [0.29, 0.717) is 5.25 Å². The Morgan fingerprint density at radius 1 is 1.20 bits per heavy atom. The molecule has 0 aliphatic carbocycles. The van der Waals surface area contributed by atoms with E-state index in [-0.39, 0.29) is 0 Å². The lowest BCUT2D eigenvalue weighted by atomic mass is 10.2. The number of nitrogens with zero attached hydrogens (tertiary/aromatic N) is 1. The molecule has 0 bridgehead atoms. The Bertz CT molecular complexity index is 420. The quantitative estimate of drug-likeness (QED) is 0.735. The molecule has 1 heterocycles. The number of thiazole rings is 1. The fourth-order valence-corrected chi connectivity index (χ4v) is 3.31. The smallest absolute Gasteiger partial charge is 0.150 e. The van der Waals surface area contributed by atoms with E-state index in [9.17, 15) is 0 Å². The van der Waals surface area contributed by atoms with Crippen molar-refractivity contribution < 1.29 is 0 Å². The fourth-order valence-electron chi connectivity index (χ4n) is 1.25. The third kappa shape index (κ3) is 2.83. The second kappa shape index (κ2) is 4.81. The molecule has 3 heteroatoms. The molecule has 0 amide bonds. The molecule has 2 rings (SSSR count). The lowest BCUT2D eigenvalue weighted by molar-refractivity contribution is 1.10. The Balaban J connectivity index is 2.21. The molecule has 0 unspecified atom stereocenters. The van der Waals surface area contributed by atoms with Gasteiger partial charge >= 0.3 is 0 Å². The van der Waals surface area contributed by atoms with E-state index in [0.717, 1.165) is 10.0 Å². The predicted octanol–water partition coefficient (Wildman–Crippen LogP) is 4.31. The first-order valence-corrected chi connectivity index (χ1v) is 6.69. The van der Waals surface area contributed by atoms with E-state index in [2.05, 4.69) is 36.3 Å². The molecule has 0 saturated carbocycles. The van der Waals surface area contributed by atoms with Crippen LogP contribution in [-0.2, 0) is 0 Å². The van der Waals surface area contributed by atoms with Gasteiger partial charge in [-0.2, -0.15) is 0 Å². The van der Waals surface area contributed by atoms with Gasteiger partial charge in [-0.15, -0.1) is 11.3 Å². The summed E-state index contributed by atoms with van der Waals surface area (Å²) >= 11 is 3.55. The minimum atomic E-state index is 0.597. The number of hydrogen-bond donors (Lipinski definition) is 0. The third-order valence-electron chi connectivity index (χ3n) is 1.89. The zero-order valence-corrected chi connectivity index (χ0v) is 10.4. The highest BCUT2D eigenvalue weighted by Crippen LogP contribution is 2.30. The van der Waals surface area contributed by atoms with Crippen LogP contribution in [0.1, 0.15) is 13.8 Å². The Morgan fingerprint density at radius 3 is 2.60 bits per heavy atom. The lowest BCUT2D eigenvalue weighted by Crippen LogP contribution is -1.84. The van der Waals surface area contributed by atoms with Crippen LogP contribution in [0.4, 0.5) is 0 Å². The fraction of sp³-hybridized carbons (Fsp3) is 0.250. The van der Waals surface area contributed by atoms with Crippen molar-refractivity contribution in [2.75, 3.05) is 0 Å². The summed E-state index contributed by atoms with van der Waals surface area (Å²) in [6.45, 7) is 4.38. The van der Waals surface area contributed by atoms with Crippen molar-refractivity contribution >= 4 is 23.1 Å². The molecule has 0 aliphatic heterocycles. The molecule has 2 aromatic rings. The highest BCUT2D eigenvalue weighted by Gasteiger charge is 2.05. The maximum absolute atomic E-state index is 4.60. The molecular weight excluding hydrogens is 222 g/mol. The Morgan fingerprint density at radius 2 is 1.93 bits per heavy atom. The minimum Gasteiger partial charge on any atom is -0.230 e. The molecule has 15 heavy (non-hydrogen) atoms. The molecular formula is C12H13NS2. The van der Waals surface area contributed by atoms with Gasteiger partial charge in [0.1, 0.15) is 0 Å². The Kier molecular flexibility index (Phi) is 3.44. The highest BCUT2D eigenvalue weighted by atomic mass is 32.2. The first-order valence-electron chi connectivity index (χ1n) is 4.93. The average Bonchev–Trinajstić information content (AvgIpc) is 2.67. The Hall–Kier alpha value is -0.800. The van der Waals surface area contributed by atoms with Crippen LogP contribution < -0.4 is 0 Å². The second-order valence-electron chi connectivity index (χ2n) is 3.53. The van der Waals surface area contributed by atoms with Crippen LogP contribution in [0.5, 0.6) is 0 Å². The number of benzene rings is 1. The summed E-state index contributed by atoms with van der Waals surface area (Å²) in [7, 11) is 0. The minimum absolute atomic E-state index is 0.597. The van der Waals surface area contributed by atoms with Crippen LogP contribution in [0, 0.1) is 0 Å². The van der Waals surface area contributed by atoms with Crippen LogP contribution >= 0.6 is 23.1 Å². The maximum Gasteiger partial charge on any atom is 0.150 e. The van der Waals surface area contributed by atoms with E-state index in [1.54, 1.807) is 11.3 Å². The van der Waals surface area contributed by atoms with Crippen molar-refractivity contribution in [3.63, 3.8) is 0 Å². The standard InChI is InChI=1S/C12H13NS2/c1-9(2)15-12-13-11(8-14-12)10-6-4-3-5-7-10/h3-9H,1-2H3. The van der Waals surface area contributed by atoms with Gasteiger partial charge in [0.25, 0.3) is 0 Å². The van der Waals surface area contributed by atoms with E-state index in [1.165, 1.54) is 5.56 Å². The molecule has 0 atom stereocenters. The second-order valence-corrected chi connectivity index (χ2v) is 6.21. The first kappa shape index (κ1) is 10.7. The van der Waals surface area contributed by atoms with Gasteiger partial charge in [-0.05, 0) is 0 Å². The summed E-state index contributed by atoms with van der Waals surface area (Å²) in [4.78, 5) is 4.60. The van der Waals surface area contributed by atoms with E-state index >= 15 is 0 Å². The van der Waals surface area contributed by atoms with Crippen molar-refractivity contribution in [2.24, 2.45) is 0 Å². The van der Waals surface area contributed by atoms with Crippen molar-refractivity contribution in [3.05, 3.63) is 35.7 Å². The summed E-state index contributed by atoms with van der Waals surface area (Å²) < 4.78 is 1.16. The van der Waals surface area contributed by atoms with Gasteiger partial charge in [-0.3, -0.25) is 0 Å². The predicted molar refractivity (Wildman–Crippen MR) is 68.5 cm³/mol. The first-order chi connectivity index (χ1) is 7.25. The molecule has 0 N–H and O–H groups in total. The largest absolute Gasteiger partial charge is 0.230 e. The molecule has 1 aromatic heterocycles. The molecule has 1 nitrogen and oxygen atoms in total. The van der Waals surface area contributed by atoms with Gasteiger partial charge in [0.05, 0.1) is 5.69 Å². The molecule has 0 saturated heterocycles. The van der Waals surface area contributed by atoms with E-state index in [1.807, 2.05) is 30.0 Å². The summed E-state index contributed by atoms with van der Waals surface area (Å²) in [6.07, 6.45) is 0. The summed E-state index contributed by atoms with van der Waals surface area (Å²) in [5.41, 5.74) is 2.29. The summed E-state index contributed by atoms with van der Waals surface area (Å²) in [5, 5.41) is 2.72. The molecule has 1 aromatic carbocycles. The van der Waals surface area contributed by atoms with Gasteiger partial charge in [0.15, 0.2) is 4.34 Å². The number of rotatable bonds is 3. The van der Waals surface area contributed by atoms with Crippen LogP contribution in [0.15, 0.2) is 40.1 Å². The summed E-state index contributed by atoms with van der Waals surface area (Å²) in [5.74, 6) is 0. The van der Waals surface area contributed by atoms with Crippen molar-refractivity contribution in [3.8, 4) is 11.3 Å². The van der Waals surface area contributed by atoms with Crippen LogP contribution in [0.25, 0.3) is 11.3 Å². The zero-order valence-electron chi connectivity index (χ0n) is 8.81. The molecule has 0 aliphatic rings. The van der Waals surface area contributed by atoms with E-state index in [4.69, 9.17) is 0 Å². The maximum atomic E-state index is 4.60. The Labute approximate surface area is 98.6 Å². The van der Waals surface area contributed by atoms with Crippen molar-refractivity contribution in [2.45, 2.75) is 23.4 Å². The lowest BCUT2D eigenvalue weighted by Gasteiger charge is -1.98. The molecule has 0 spiro atoms. The van der Waals surface area contributed by atoms with Crippen molar-refractivity contribution in [1.82, 2.24) is 4.98 Å². The third-order valence-corrected chi connectivity index (χ3v) is 3.86. The SMILES string of the molecule is CC(C)Sc1nc(-c2ccccc2)cs1. The van der Waals surface area contributed by atoms with Crippen LogP contribution in [0.2, 0.25) is 0 Å². The van der Waals surface area contributed by atoms with Gasteiger partial charge in [-0.25, -0.2) is 4.98 Å². The highest BCUT2D eigenvalue weighted by molar-refractivity contribution is 8.01. The van der Waals surface area contributed by atoms with Gasteiger partial charge < -0.3 is 0 Å². The zero-order chi connectivity index (χ0) is 10.7. The number of thioether (sulfide) groups is 1. The topological polar surface area (TPSA) is 12.9 Å². The molecule has 0 fully saturated rings. The number of aromatic nitrogens is 1. The molecule has 0 radical (unpaired) electrons. The van der Waals surface area contributed by atoms with Crippen LogP contribution in [-0.4, -0.2) is 10.2 Å². The van der Waals surface area contributed by atoms with Crippen LogP contribution in [0.3, 0.4) is 0 Å². The van der Waals surface area contributed by atoms with Gasteiger partial charge in [-0.1, -0.05) is 55.9 Å².